The molecule has 0 spiro atoms. The second-order valence-electron chi connectivity index (χ2n) is 6.59. The van der Waals surface area contributed by atoms with Crippen LogP contribution in [-0.2, 0) is 10.3 Å². The molecule has 0 aromatic heterocycles. The zero-order valence-electron chi connectivity index (χ0n) is 13.9. The SMILES string of the molecule is CCCC1Oc2c(cc(OC)cc2C(C)(C)C)C1NOC. The topological polar surface area (TPSA) is 39.7 Å². The number of ether oxygens (including phenoxy) is 2. The van der Waals surface area contributed by atoms with E-state index in [1.807, 2.05) is 0 Å². The average molecular weight is 293 g/mol. The molecule has 4 nitrogen and oxygen atoms in total. The van der Waals surface area contributed by atoms with Gasteiger partial charge in [-0.05, 0) is 24.0 Å². The maximum atomic E-state index is 6.27. The molecule has 0 fully saturated rings. The minimum atomic E-state index is -0.00263. The number of methoxy groups -OCH3 is 1. The Labute approximate surface area is 127 Å². The third-order valence-corrected chi connectivity index (χ3v) is 3.93. The molecule has 118 valence electrons. The highest BCUT2D eigenvalue weighted by molar-refractivity contribution is 5.54. The fraction of sp³-hybridized carbons (Fsp3) is 0.647. The normalized spacial score (nSPS) is 21.0. The van der Waals surface area contributed by atoms with Gasteiger partial charge in [-0.25, -0.2) is 0 Å². The fourth-order valence-electron chi connectivity index (χ4n) is 2.86. The van der Waals surface area contributed by atoms with Crippen LogP contribution in [0.3, 0.4) is 0 Å². The Hall–Kier alpha value is -1.26. The number of hydroxylamine groups is 1. The molecule has 0 saturated carbocycles. The summed E-state index contributed by atoms with van der Waals surface area (Å²) in [6.45, 7) is 8.74. The summed E-state index contributed by atoms with van der Waals surface area (Å²) in [7, 11) is 3.35. The average Bonchev–Trinajstić information content (AvgIpc) is 2.75. The van der Waals surface area contributed by atoms with Gasteiger partial charge in [0.25, 0.3) is 0 Å². The molecule has 21 heavy (non-hydrogen) atoms. The number of fused-ring (bicyclic) bond motifs is 1. The zero-order valence-corrected chi connectivity index (χ0v) is 13.9. The van der Waals surface area contributed by atoms with Crippen LogP contribution in [0.2, 0.25) is 0 Å². The fourth-order valence-corrected chi connectivity index (χ4v) is 2.86. The standard InChI is InChI=1S/C17H27NO3/c1-7-8-14-15(18-20-6)12-9-11(19-5)10-13(16(12)21-14)17(2,3)4/h9-10,14-15,18H,7-8H2,1-6H3. The summed E-state index contributed by atoms with van der Waals surface area (Å²) >= 11 is 0. The van der Waals surface area contributed by atoms with Crippen LogP contribution in [0.4, 0.5) is 0 Å². The number of nitrogens with one attached hydrogen (secondary N) is 1. The van der Waals surface area contributed by atoms with E-state index in [1.54, 1.807) is 14.2 Å². The van der Waals surface area contributed by atoms with E-state index in [4.69, 9.17) is 14.3 Å². The summed E-state index contributed by atoms with van der Waals surface area (Å²) in [5.74, 6) is 1.85. The highest BCUT2D eigenvalue weighted by Crippen LogP contribution is 2.46. The van der Waals surface area contributed by atoms with Crippen molar-refractivity contribution in [3.05, 3.63) is 23.3 Å². The lowest BCUT2D eigenvalue weighted by atomic mass is 9.84. The van der Waals surface area contributed by atoms with Crippen LogP contribution < -0.4 is 15.0 Å². The summed E-state index contributed by atoms with van der Waals surface area (Å²) in [5, 5.41) is 0. The van der Waals surface area contributed by atoms with Crippen molar-refractivity contribution >= 4 is 0 Å². The molecule has 0 radical (unpaired) electrons. The Morgan fingerprint density at radius 2 is 1.95 bits per heavy atom. The molecule has 1 aromatic rings. The molecule has 0 bridgehead atoms. The van der Waals surface area contributed by atoms with E-state index in [0.717, 1.165) is 29.9 Å². The largest absolute Gasteiger partial charge is 0.497 e. The molecule has 1 N–H and O–H groups in total. The first kappa shape index (κ1) is 16.1. The zero-order chi connectivity index (χ0) is 15.6. The lowest BCUT2D eigenvalue weighted by Gasteiger charge is -2.23. The Balaban J connectivity index is 2.52. The second-order valence-corrected chi connectivity index (χ2v) is 6.59. The van der Waals surface area contributed by atoms with Gasteiger partial charge in [-0.3, -0.25) is 0 Å². The predicted molar refractivity (Wildman–Crippen MR) is 83.9 cm³/mol. The molecule has 1 aliphatic heterocycles. The lowest BCUT2D eigenvalue weighted by molar-refractivity contribution is 0.0267. The number of rotatable bonds is 5. The Bertz CT molecular complexity index is 494. The second kappa shape index (κ2) is 6.24. The summed E-state index contributed by atoms with van der Waals surface area (Å²) in [6.07, 6.45) is 2.16. The molecule has 0 aliphatic carbocycles. The van der Waals surface area contributed by atoms with Crippen LogP contribution in [-0.4, -0.2) is 20.3 Å². The quantitative estimate of drug-likeness (QED) is 0.839. The minimum Gasteiger partial charge on any atom is -0.497 e. The van der Waals surface area contributed by atoms with Gasteiger partial charge in [-0.1, -0.05) is 34.1 Å². The number of benzene rings is 1. The van der Waals surface area contributed by atoms with E-state index in [-0.39, 0.29) is 17.6 Å². The molecule has 2 rings (SSSR count). The highest BCUT2D eigenvalue weighted by atomic mass is 16.6. The third kappa shape index (κ3) is 3.16. The molecule has 2 atom stereocenters. The minimum absolute atomic E-state index is 0.00263. The monoisotopic (exact) mass is 293 g/mol. The molecule has 0 amide bonds. The summed E-state index contributed by atoms with van der Waals surface area (Å²) in [6, 6.07) is 4.18. The summed E-state index contributed by atoms with van der Waals surface area (Å²) in [4.78, 5) is 5.19. The molecule has 2 unspecified atom stereocenters. The van der Waals surface area contributed by atoms with Crippen molar-refractivity contribution in [1.29, 1.82) is 0 Å². The Morgan fingerprint density at radius 1 is 1.24 bits per heavy atom. The van der Waals surface area contributed by atoms with E-state index in [1.165, 1.54) is 5.56 Å². The van der Waals surface area contributed by atoms with Crippen molar-refractivity contribution in [3.63, 3.8) is 0 Å². The maximum absolute atomic E-state index is 6.27. The first-order valence-electron chi connectivity index (χ1n) is 7.60. The van der Waals surface area contributed by atoms with E-state index >= 15 is 0 Å². The summed E-state index contributed by atoms with van der Waals surface area (Å²) < 4.78 is 11.7. The van der Waals surface area contributed by atoms with Crippen molar-refractivity contribution in [2.45, 2.75) is 58.1 Å². The van der Waals surface area contributed by atoms with E-state index in [9.17, 15) is 0 Å². The Kier molecular flexibility index (Phi) is 4.79. The lowest BCUT2D eigenvalue weighted by Crippen LogP contribution is -2.30. The molecule has 1 aliphatic rings. The molecular weight excluding hydrogens is 266 g/mol. The van der Waals surface area contributed by atoms with Crippen molar-refractivity contribution in [2.24, 2.45) is 0 Å². The van der Waals surface area contributed by atoms with Crippen LogP contribution in [0, 0.1) is 0 Å². The van der Waals surface area contributed by atoms with Gasteiger partial charge >= 0.3 is 0 Å². The van der Waals surface area contributed by atoms with Gasteiger partial charge in [0, 0.05) is 11.1 Å². The van der Waals surface area contributed by atoms with Crippen LogP contribution in [0.25, 0.3) is 0 Å². The van der Waals surface area contributed by atoms with Gasteiger partial charge in [0.05, 0.1) is 20.3 Å². The van der Waals surface area contributed by atoms with Crippen LogP contribution in [0.5, 0.6) is 11.5 Å². The Morgan fingerprint density at radius 3 is 2.48 bits per heavy atom. The maximum Gasteiger partial charge on any atom is 0.128 e. The van der Waals surface area contributed by atoms with Gasteiger partial charge in [-0.15, -0.1) is 0 Å². The van der Waals surface area contributed by atoms with Gasteiger partial charge in [-0.2, -0.15) is 5.48 Å². The van der Waals surface area contributed by atoms with Crippen LogP contribution >= 0.6 is 0 Å². The van der Waals surface area contributed by atoms with Crippen molar-refractivity contribution in [2.75, 3.05) is 14.2 Å². The number of hydrogen-bond donors (Lipinski definition) is 1. The van der Waals surface area contributed by atoms with Gasteiger partial charge in [0.1, 0.15) is 17.6 Å². The molecule has 1 heterocycles. The van der Waals surface area contributed by atoms with Crippen LogP contribution in [0.1, 0.15) is 57.7 Å². The third-order valence-electron chi connectivity index (χ3n) is 3.93. The van der Waals surface area contributed by atoms with E-state index in [0.29, 0.717) is 0 Å². The van der Waals surface area contributed by atoms with E-state index in [2.05, 4.69) is 45.3 Å². The van der Waals surface area contributed by atoms with Gasteiger partial charge < -0.3 is 14.3 Å². The predicted octanol–water partition coefficient (Wildman–Crippen LogP) is 3.75. The van der Waals surface area contributed by atoms with Crippen LogP contribution in [0.15, 0.2) is 12.1 Å². The highest BCUT2D eigenvalue weighted by Gasteiger charge is 2.38. The smallest absolute Gasteiger partial charge is 0.128 e. The molecular formula is C17H27NO3. The molecule has 4 heteroatoms. The number of hydrogen-bond acceptors (Lipinski definition) is 4. The first-order valence-corrected chi connectivity index (χ1v) is 7.60. The molecule has 1 aromatic carbocycles. The van der Waals surface area contributed by atoms with E-state index < -0.39 is 0 Å². The first-order chi connectivity index (χ1) is 9.92. The van der Waals surface area contributed by atoms with Gasteiger partial charge in [0.15, 0.2) is 0 Å². The summed E-state index contributed by atoms with van der Waals surface area (Å²) in [5.41, 5.74) is 5.39. The van der Waals surface area contributed by atoms with Crippen molar-refractivity contribution in [3.8, 4) is 11.5 Å². The van der Waals surface area contributed by atoms with Crippen molar-refractivity contribution in [1.82, 2.24) is 5.48 Å². The van der Waals surface area contributed by atoms with Gasteiger partial charge in [0.2, 0.25) is 0 Å². The van der Waals surface area contributed by atoms with Crippen molar-refractivity contribution < 1.29 is 14.3 Å². The molecule has 0 saturated heterocycles.